The van der Waals surface area contributed by atoms with Gasteiger partial charge in [-0.05, 0) is 37.4 Å². The van der Waals surface area contributed by atoms with Crippen molar-refractivity contribution in [1.82, 2.24) is 15.1 Å². The number of likely N-dealkylation sites (N-methyl/N-ethyl adjacent to an activating group) is 1. The second-order valence-electron chi connectivity index (χ2n) is 4.63. The summed E-state index contributed by atoms with van der Waals surface area (Å²) in [5.74, 6) is 0. The second-order valence-corrected chi connectivity index (χ2v) is 4.63. The highest BCUT2D eigenvalue weighted by molar-refractivity contribution is 5.67. The van der Waals surface area contributed by atoms with Gasteiger partial charge in [-0.3, -0.25) is 5.10 Å². The molecule has 0 bridgehead atoms. The van der Waals surface area contributed by atoms with Gasteiger partial charge in [-0.25, -0.2) is 0 Å². The third kappa shape index (κ3) is 2.53. The number of rotatable bonds is 4. The third-order valence-electron chi connectivity index (χ3n) is 3.18. The van der Waals surface area contributed by atoms with E-state index in [1.807, 2.05) is 6.20 Å². The lowest BCUT2D eigenvalue weighted by Gasteiger charge is -2.22. The summed E-state index contributed by atoms with van der Waals surface area (Å²) in [6, 6.07) is 0. The summed E-state index contributed by atoms with van der Waals surface area (Å²) in [4.78, 5) is 2.36. The van der Waals surface area contributed by atoms with Gasteiger partial charge in [0.15, 0.2) is 0 Å². The molecule has 16 heavy (non-hydrogen) atoms. The molecule has 1 aromatic heterocycles. The van der Waals surface area contributed by atoms with E-state index in [1.165, 1.54) is 36.2 Å². The molecule has 1 aliphatic rings. The highest BCUT2D eigenvalue weighted by atomic mass is 15.1. The Labute approximate surface area is 97.5 Å². The zero-order valence-corrected chi connectivity index (χ0v) is 10.3. The first-order chi connectivity index (χ1) is 7.81. The predicted molar refractivity (Wildman–Crippen MR) is 67.3 cm³/mol. The first-order valence-electron chi connectivity index (χ1n) is 6.21. The van der Waals surface area contributed by atoms with Crippen molar-refractivity contribution in [2.45, 2.75) is 32.6 Å². The Morgan fingerprint density at radius 2 is 2.38 bits per heavy atom. The van der Waals surface area contributed by atoms with Crippen molar-refractivity contribution in [2.24, 2.45) is 0 Å². The van der Waals surface area contributed by atoms with E-state index in [-0.39, 0.29) is 0 Å². The molecule has 1 aromatic rings. The number of nitrogens with one attached hydrogen (secondary N) is 1. The maximum atomic E-state index is 4.19. The Bertz CT molecular complexity index is 365. The molecule has 0 aliphatic carbocycles. The number of hydrogen-bond donors (Lipinski definition) is 1. The molecule has 0 amide bonds. The van der Waals surface area contributed by atoms with Crippen LogP contribution in [0.25, 0.3) is 5.57 Å². The summed E-state index contributed by atoms with van der Waals surface area (Å²) < 4.78 is 0. The van der Waals surface area contributed by atoms with Crippen LogP contribution < -0.4 is 0 Å². The van der Waals surface area contributed by atoms with Crippen LogP contribution in [0.2, 0.25) is 0 Å². The molecule has 0 aromatic carbocycles. The van der Waals surface area contributed by atoms with Gasteiger partial charge in [0.1, 0.15) is 0 Å². The van der Waals surface area contributed by atoms with Gasteiger partial charge >= 0.3 is 0 Å². The van der Waals surface area contributed by atoms with Crippen molar-refractivity contribution in [3.63, 3.8) is 0 Å². The molecule has 1 N–H and O–H groups in total. The first kappa shape index (κ1) is 11.4. The van der Waals surface area contributed by atoms with Gasteiger partial charge in [0.2, 0.25) is 0 Å². The van der Waals surface area contributed by atoms with Crippen LogP contribution in [-0.2, 0) is 6.42 Å². The summed E-state index contributed by atoms with van der Waals surface area (Å²) in [5, 5.41) is 7.35. The maximum absolute atomic E-state index is 4.19. The number of aromatic nitrogens is 2. The Balaban J connectivity index is 2.13. The van der Waals surface area contributed by atoms with Gasteiger partial charge in [-0.15, -0.1) is 0 Å². The minimum atomic E-state index is 1.04. The smallest absolute Gasteiger partial charge is 0.0651 e. The summed E-state index contributed by atoms with van der Waals surface area (Å²) in [7, 11) is 2.18. The number of hydrogen-bond acceptors (Lipinski definition) is 2. The topological polar surface area (TPSA) is 31.9 Å². The van der Waals surface area contributed by atoms with Crippen LogP contribution in [0.3, 0.4) is 0 Å². The fraction of sp³-hybridized carbons (Fsp3) is 0.615. The molecule has 88 valence electrons. The van der Waals surface area contributed by atoms with Gasteiger partial charge in [-0.1, -0.05) is 19.4 Å². The van der Waals surface area contributed by atoms with Gasteiger partial charge in [-0.2, -0.15) is 5.10 Å². The monoisotopic (exact) mass is 219 g/mol. The van der Waals surface area contributed by atoms with Crippen LogP contribution in [0.1, 0.15) is 37.4 Å². The van der Waals surface area contributed by atoms with E-state index >= 15 is 0 Å². The zero-order chi connectivity index (χ0) is 11.4. The van der Waals surface area contributed by atoms with Crippen molar-refractivity contribution in [1.29, 1.82) is 0 Å². The van der Waals surface area contributed by atoms with Crippen LogP contribution in [0.4, 0.5) is 0 Å². The summed E-state index contributed by atoms with van der Waals surface area (Å²) in [6.45, 7) is 4.44. The van der Waals surface area contributed by atoms with E-state index < -0.39 is 0 Å². The van der Waals surface area contributed by atoms with Crippen LogP contribution >= 0.6 is 0 Å². The Hall–Kier alpha value is -1.09. The van der Waals surface area contributed by atoms with Gasteiger partial charge in [0.25, 0.3) is 0 Å². The standard InChI is InChI=1S/C13H21N3/c1-3-4-6-11-9-14-15-13(11)12-7-5-8-16(2)10-12/h7,9H,3-6,8,10H2,1-2H3,(H,14,15). The second kappa shape index (κ2) is 5.30. The van der Waals surface area contributed by atoms with Gasteiger partial charge in [0, 0.05) is 13.1 Å². The average molecular weight is 219 g/mol. The Kier molecular flexibility index (Phi) is 3.78. The number of aryl methyl sites for hydroxylation is 1. The van der Waals surface area contributed by atoms with E-state index in [2.05, 4.69) is 35.1 Å². The molecule has 3 nitrogen and oxygen atoms in total. The summed E-state index contributed by atoms with van der Waals surface area (Å²) >= 11 is 0. The lowest BCUT2D eigenvalue weighted by molar-refractivity contribution is 0.372. The third-order valence-corrected chi connectivity index (χ3v) is 3.18. The van der Waals surface area contributed by atoms with E-state index in [1.54, 1.807) is 0 Å². The van der Waals surface area contributed by atoms with Crippen molar-refractivity contribution >= 4 is 5.57 Å². The molecule has 0 spiro atoms. The number of nitrogens with zero attached hydrogens (tertiary/aromatic N) is 2. The molecule has 3 heteroatoms. The maximum Gasteiger partial charge on any atom is 0.0651 e. The predicted octanol–water partition coefficient (Wildman–Crippen LogP) is 2.47. The lowest BCUT2D eigenvalue weighted by atomic mass is 10.0. The molecular formula is C13H21N3. The number of aromatic amines is 1. The molecule has 1 aliphatic heterocycles. The Morgan fingerprint density at radius 3 is 3.12 bits per heavy atom. The van der Waals surface area contributed by atoms with Gasteiger partial charge in [0.05, 0.1) is 11.9 Å². The van der Waals surface area contributed by atoms with E-state index in [0.29, 0.717) is 0 Å². The molecule has 0 saturated carbocycles. The molecule has 0 fully saturated rings. The highest BCUT2D eigenvalue weighted by Gasteiger charge is 2.14. The minimum absolute atomic E-state index is 1.04. The summed E-state index contributed by atoms with van der Waals surface area (Å²) in [6.07, 6.45) is 9.12. The Morgan fingerprint density at radius 1 is 1.50 bits per heavy atom. The first-order valence-corrected chi connectivity index (χ1v) is 6.21. The van der Waals surface area contributed by atoms with Crippen molar-refractivity contribution in [3.05, 3.63) is 23.5 Å². The van der Waals surface area contributed by atoms with E-state index in [9.17, 15) is 0 Å². The minimum Gasteiger partial charge on any atom is -0.302 e. The normalized spacial score (nSPS) is 17.5. The largest absolute Gasteiger partial charge is 0.302 e. The highest BCUT2D eigenvalue weighted by Crippen LogP contribution is 2.22. The van der Waals surface area contributed by atoms with Crippen LogP contribution in [0.5, 0.6) is 0 Å². The average Bonchev–Trinajstić information content (AvgIpc) is 2.74. The van der Waals surface area contributed by atoms with E-state index in [4.69, 9.17) is 0 Å². The molecule has 2 heterocycles. The van der Waals surface area contributed by atoms with Crippen molar-refractivity contribution in [3.8, 4) is 0 Å². The molecule has 0 unspecified atom stereocenters. The zero-order valence-electron chi connectivity index (χ0n) is 10.3. The molecule has 2 rings (SSSR count). The molecule has 0 radical (unpaired) electrons. The SMILES string of the molecule is CCCCc1cn[nH]c1C1=CCCN(C)C1. The lowest BCUT2D eigenvalue weighted by Crippen LogP contribution is -2.25. The van der Waals surface area contributed by atoms with Crippen molar-refractivity contribution in [2.75, 3.05) is 20.1 Å². The number of unbranched alkanes of at least 4 members (excludes halogenated alkanes) is 1. The number of H-pyrrole nitrogens is 1. The molecule has 0 saturated heterocycles. The van der Waals surface area contributed by atoms with Crippen molar-refractivity contribution < 1.29 is 0 Å². The van der Waals surface area contributed by atoms with E-state index in [0.717, 1.165) is 19.4 Å². The quantitative estimate of drug-likeness (QED) is 0.843. The fourth-order valence-electron chi connectivity index (χ4n) is 2.22. The molecule has 0 atom stereocenters. The van der Waals surface area contributed by atoms with Crippen LogP contribution in [0, 0.1) is 0 Å². The molecular weight excluding hydrogens is 198 g/mol. The summed E-state index contributed by atoms with van der Waals surface area (Å²) in [5.41, 5.74) is 4.06. The van der Waals surface area contributed by atoms with Gasteiger partial charge < -0.3 is 4.90 Å². The van der Waals surface area contributed by atoms with Crippen LogP contribution in [0.15, 0.2) is 12.3 Å². The fourth-order valence-corrected chi connectivity index (χ4v) is 2.22. The van der Waals surface area contributed by atoms with Crippen LogP contribution in [-0.4, -0.2) is 35.2 Å².